The minimum Gasteiger partial charge on any atom is -0.462 e. The Labute approximate surface area is 511 Å². The van der Waals surface area contributed by atoms with Gasteiger partial charge in [0, 0.05) is 19.3 Å². The Bertz CT molecular complexity index is 1840. The van der Waals surface area contributed by atoms with Gasteiger partial charge >= 0.3 is 17.9 Å². The van der Waals surface area contributed by atoms with Crippen molar-refractivity contribution < 1.29 is 28.6 Å². The van der Waals surface area contributed by atoms with Crippen LogP contribution in [0.25, 0.3) is 0 Å². The van der Waals surface area contributed by atoms with Crippen molar-refractivity contribution in [1.82, 2.24) is 0 Å². The lowest BCUT2D eigenvalue weighted by Gasteiger charge is -2.18. The van der Waals surface area contributed by atoms with Crippen LogP contribution >= 0.6 is 0 Å². The first-order valence-corrected chi connectivity index (χ1v) is 34.0. The standard InChI is InChI=1S/C77H124O6/c1-4-7-10-13-16-19-22-25-28-30-32-33-34-35-36-37-38-39-40-41-42-43-45-46-49-52-55-58-61-64-67-70-76(79)82-73-74(72-81-75(78)69-66-63-60-57-54-51-48-27-24-21-18-15-12-9-6-3)83-77(80)71-68-65-62-59-56-53-50-47-44-31-29-26-23-20-17-14-11-8-5-2/h7-12,16-21,25-29,32-33,35-36,44,47-48,54,57,74H,4-6,13-15,22-24,30-31,34,37-43,45-46,49-53,55-56,58-73H2,1-3H3/b10-7-,11-8-,12-9-,19-16-,20-17-,21-18-,28-25-,29-26-,33-32-,36-35-,47-44-,48-27-,57-54-. The summed E-state index contributed by atoms with van der Waals surface area (Å²) in [7, 11) is 0. The van der Waals surface area contributed by atoms with Crippen LogP contribution in [0.15, 0.2) is 158 Å². The first kappa shape index (κ1) is 78.0. The minimum absolute atomic E-state index is 0.102. The number of hydrogen-bond acceptors (Lipinski definition) is 6. The number of allylic oxidation sites excluding steroid dienone is 26. The Balaban J connectivity index is 4.33. The lowest BCUT2D eigenvalue weighted by atomic mass is 10.0. The topological polar surface area (TPSA) is 78.9 Å². The van der Waals surface area contributed by atoms with Crippen molar-refractivity contribution in [2.75, 3.05) is 13.2 Å². The van der Waals surface area contributed by atoms with Crippen molar-refractivity contribution >= 4 is 17.9 Å². The molecule has 0 bridgehead atoms. The van der Waals surface area contributed by atoms with Crippen molar-refractivity contribution in [2.24, 2.45) is 0 Å². The van der Waals surface area contributed by atoms with Crippen LogP contribution in [0.1, 0.15) is 290 Å². The molecule has 468 valence electrons. The molecule has 0 aromatic rings. The molecule has 0 heterocycles. The lowest BCUT2D eigenvalue weighted by molar-refractivity contribution is -0.167. The van der Waals surface area contributed by atoms with Crippen molar-refractivity contribution in [3.05, 3.63) is 158 Å². The molecule has 0 radical (unpaired) electrons. The lowest BCUT2D eigenvalue weighted by Crippen LogP contribution is -2.30. The van der Waals surface area contributed by atoms with Gasteiger partial charge in [0.25, 0.3) is 0 Å². The van der Waals surface area contributed by atoms with Gasteiger partial charge in [0.15, 0.2) is 6.10 Å². The van der Waals surface area contributed by atoms with E-state index in [9.17, 15) is 14.4 Å². The Morgan fingerprint density at radius 2 is 0.434 bits per heavy atom. The van der Waals surface area contributed by atoms with E-state index in [2.05, 4.69) is 179 Å². The second kappa shape index (κ2) is 69.5. The van der Waals surface area contributed by atoms with Gasteiger partial charge in [0.2, 0.25) is 0 Å². The molecule has 0 aromatic carbocycles. The normalized spacial score (nSPS) is 13.1. The molecule has 0 saturated carbocycles. The van der Waals surface area contributed by atoms with Gasteiger partial charge in [-0.3, -0.25) is 14.4 Å². The SMILES string of the molecule is CC/C=C\C/C=C\C/C=C\C/C=C\C/C=C\CCCCCCCCCCCCCCCCCC(=O)OCC(COC(=O)CCCC/C=C\C/C=C\C/C=C\C/C=C\CC)OC(=O)CCCCCCCC/C=C\C/C=C\C/C=C\C/C=C\CC. The highest BCUT2D eigenvalue weighted by molar-refractivity contribution is 5.71. The van der Waals surface area contributed by atoms with Gasteiger partial charge in [-0.15, -0.1) is 0 Å². The molecule has 83 heavy (non-hydrogen) atoms. The second-order valence-corrected chi connectivity index (χ2v) is 21.9. The van der Waals surface area contributed by atoms with E-state index in [1.54, 1.807) is 0 Å². The van der Waals surface area contributed by atoms with Gasteiger partial charge in [-0.05, 0) is 141 Å². The number of hydrogen-bond donors (Lipinski definition) is 0. The summed E-state index contributed by atoms with van der Waals surface area (Å²) in [4.78, 5) is 38.4. The van der Waals surface area contributed by atoms with E-state index < -0.39 is 6.10 Å². The van der Waals surface area contributed by atoms with E-state index in [1.165, 1.54) is 96.3 Å². The van der Waals surface area contributed by atoms with Crippen LogP contribution in [0.5, 0.6) is 0 Å². The van der Waals surface area contributed by atoms with Crippen molar-refractivity contribution in [3.8, 4) is 0 Å². The summed E-state index contributed by atoms with van der Waals surface area (Å²) in [5, 5.41) is 0. The first-order valence-electron chi connectivity index (χ1n) is 34.0. The first-order chi connectivity index (χ1) is 41.0. The third-order valence-electron chi connectivity index (χ3n) is 14.0. The Morgan fingerprint density at radius 3 is 0.699 bits per heavy atom. The Kier molecular flexibility index (Phi) is 65.4. The molecule has 0 aliphatic heterocycles. The molecular formula is C77H124O6. The monoisotopic (exact) mass is 1140 g/mol. The molecule has 0 spiro atoms. The van der Waals surface area contributed by atoms with Gasteiger partial charge in [-0.2, -0.15) is 0 Å². The zero-order valence-corrected chi connectivity index (χ0v) is 53.7. The molecule has 1 atom stereocenters. The predicted octanol–water partition coefficient (Wildman–Crippen LogP) is 23.7. The number of ether oxygens (including phenoxy) is 3. The van der Waals surface area contributed by atoms with Crippen LogP contribution in [0.2, 0.25) is 0 Å². The summed E-state index contributed by atoms with van der Waals surface area (Å²) < 4.78 is 16.9. The summed E-state index contributed by atoms with van der Waals surface area (Å²) in [5.74, 6) is -0.957. The molecule has 0 aliphatic carbocycles. The summed E-state index contributed by atoms with van der Waals surface area (Å²) in [5.41, 5.74) is 0. The van der Waals surface area contributed by atoms with Crippen molar-refractivity contribution in [3.63, 3.8) is 0 Å². The van der Waals surface area contributed by atoms with E-state index in [4.69, 9.17) is 14.2 Å². The van der Waals surface area contributed by atoms with Crippen LogP contribution in [-0.4, -0.2) is 37.2 Å². The van der Waals surface area contributed by atoms with Gasteiger partial charge in [-0.25, -0.2) is 0 Å². The summed E-state index contributed by atoms with van der Waals surface area (Å²) in [6.45, 7) is 6.26. The van der Waals surface area contributed by atoms with Gasteiger partial charge < -0.3 is 14.2 Å². The molecule has 0 saturated heterocycles. The van der Waals surface area contributed by atoms with Gasteiger partial charge in [0.1, 0.15) is 13.2 Å². The number of esters is 3. The fraction of sp³-hybridized carbons (Fsp3) is 0.623. The summed E-state index contributed by atoms with van der Waals surface area (Å²) in [6.07, 6.45) is 101. The highest BCUT2D eigenvalue weighted by Gasteiger charge is 2.19. The maximum Gasteiger partial charge on any atom is 0.306 e. The predicted molar refractivity (Wildman–Crippen MR) is 362 cm³/mol. The fourth-order valence-corrected chi connectivity index (χ4v) is 9.04. The molecule has 0 aromatic heterocycles. The van der Waals surface area contributed by atoms with Crippen LogP contribution in [-0.2, 0) is 28.6 Å². The highest BCUT2D eigenvalue weighted by atomic mass is 16.6. The molecular weight excluding hydrogens is 1020 g/mol. The second-order valence-electron chi connectivity index (χ2n) is 21.9. The summed E-state index contributed by atoms with van der Waals surface area (Å²) >= 11 is 0. The molecule has 0 amide bonds. The number of carbonyl (C=O) groups excluding carboxylic acids is 3. The fourth-order valence-electron chi connectivity index (χ4n) is 9.04. The molecule has 1 unspecified atom stereocenters. The highest BCUT2D eigenvalue weighted by Crippen LogP contribution is 2.16. The maximum atomic E-state index is 12.9. The average molecular weight is 1150 g/mol. The zero-order chi connectivity index (χ0) is 59.9. The van der Waals surface area contributed by atoms with E-state index >= 15 is 0 Å². The van der Waals surface area contributed by atoms with Crippen molar-refractivity contribution in [1.29, 1.82) is 0 Å². The maximum absolute atomic E-state index is 12.9. The van der Waals surface area contributed by atoms with E-state index in [1.807, 2.05) is 0 Å². The molecule has 0 rings (SSSR count). The zero-order valence-electron chi connectivity index (χ0n) is 53.7. The molecule has 6 heteroatoms. The number of carbonyl (C=O) groups is 3. The van der Waals surface area contributed by atoms with E-state index in [0.717, 1.165) is 154 Å². The molecule has 0 N–H and O–H groups in total. The Hall–Kier alpha value is -4.97. The Morgan fingerprint density at radius 1 is 0.241 bits per heavy atom. The largest absolute Gasteiger partial charge is 0.462 e. The van der Waals surface area contributed by atoms with E-state index in [0.29, 0.717) is 19.3 Å². The average Bonchev–Trinajstić information content (AvgIpc) is 3.49. The van der Waals surface area contributed by atoms with Crippen LogP contribution in [0.3, 0.4) is 0 Å². The third-order valence-corrected chi connectivity index (χ3v) is 14.0. The van der Waals surface area contributed by atoms with Crippen molar-refractivity contribution in [2.45, 2.75) is 297 Å². The molecule has 0 aliphatic rings. The van der Waals surface area contributed by atoms with E-state index in [-0.39, 0.29) is 31.1 Å². The van der Waals surface area contributed by atoms with Crippen LogP contribution < -0.4 is 0 Å². The number of unbranched alkanes of at least 4 members (excludes halogenated alkanes) is 23. The van der Waals surface area contributed by atoms with Gasteiger partial charge in [0.05, 0.1) is 0 Å². The van der Waals surface area contributed by atoms with Crippen LogP contribution in [0, 0.1) is 0 Å². The minimum atomic E-state index is -0.811. The third kappa shape index (κ3) is 67.7. The number of rotatable bonds is 60. The van der Waals surface area contributed by atoms with Gasteiger partial charge in [-0.1, -0.05) is 288 Å². The quantitative estimate of drug-likeness (QED) is 0.0261. The smallest absolute Gasteiger partial charge is 0.306 e. The molecule has 6 nitrogen and oxygen atoms in total. The summed E-state index contributed by atoms with van der Waals surface area (Å²) in [6, 6.07) is 0. The molecule has 0 fully saturated rings. The van der Waals surface area contributed by atoms with Crippen LogP contribution in [0.4, 0.5) is 0 Å².